The van der Waals surface area contributed by atoms with E-state index in [1.165, 1.54) is 0 Å². The van der Waals surface area contributed by atoms with E-state index in [0.29, 0.717) is 6.54 Å². The van der Waals surface area contributed by atoms with Crippen molar-refractivity contribution >= 4 is 12.1 Å². The van der Waals surface area contributed by atoms with E-state index in [-0.39, 0.29) is 12.1 Å². The number of aromatic nitrogens is 2. The Labute approximate surface area is 163 Å². The Balaban J connectivity index is 2.26. The van der Waals surface area contributed by atoms with Gasteiger partial charge in [-0.1, -0.05) is 0 Å². The number of aliphatic imine (C=N–C) groups is 1. The molecule has 154 valence electrons. The van der Waals surface area contributed by atoms with Crippen LogP contribution in [0.4, 0.5) is 4.79 Å². The van der Waals surface area contributed by atoms with E-state index in [0.717, 1.165) is 38.4 Å². The molecule has 1 heterocycles. The van der Waals surface area contributed by atoms with Crippen molar-refractivity contribution < 1.29 is 9.53 Å². The molecule has 0 saturated carbocycles. The summed E-state index contributed by atoms with van der Waals surface area (Å²) in [5, 5.41) is 10.8. The summed E-state index contributed by atoms with van der Waals surface area (Å²) in [6.07, 6.45) is 5.25. The minimum atomic E-state index is -0.482. The zero-order valence-electron chi connectivity index (χ0n) is 17.7. The first-order valence-electron chi connectivity index (χ1n) is 9.64. The third-order valence-corrected chi connectivity index (χ3v) is 3.76. The smallest absolute Gasteiger partial charge is 0.410 e. The van der Waals surface area contributed by atoms with Gasteiger partial charge in [0.25, 0.3) is 0 Å². The van der Waals surface area contributed by atoms with E-state index in [2.05, 4.69) is 20.7 Å². The standard InChI is InChI=1S/C19H36N6O2/c1-16(2)25(18(26)27-19(3,4)5)15-8-11-22-17(20-6)21-10-7-13-24-14-9-12-23-24/h9,12,14,16H,7-8,10-11,13,15H2,1-6H3,(H2,20,21,22). The van der Waals surface area contributed by atoms with E-state index in [4.69, 9.17) is 4.74 Å². The molecule has 0 saturated heterocycles. The Hall–Kier alpha value is -2.25. The second-order valence-corrected chi connectivity index (χ2v) is 7.67. The van der Waals surface area contributed by atoms with Crippen molar-refractivity contribution in [3.63, 3.8) is 0 Å². The number of hydrogen-bond acceptors (Lipinski definition) is 4. The van der Waals surface area contributed by atoms with Gasteiger partial charge in [0.15, 0.2) is 5.96 Å². The lowest BCUT2D eigenvalue weighted by Gasteiger charge is -2.30. The molecule has 1 amide bonds. The molecule has 1 rings (SSSR count). The molecule has 8 heteroatoms. The highest BCUT2D eigenvalue weighted by Crippen LogP contribution is 2.12. The average molecular weight is 381 g/mol. The molecule has 0 unspecified atom stereocenters. The summed E-state index contributed by atoms with van der Waals surface area (Å²) in [7, 11) is 1.75. The number of nitrogens with zero attached hydrogens (tertiary/aromatic N) is 4. The van der Waals surface area contributed by atoms with Crippen molar-refractivity contribution in [2.24, 2.45) is 4.99 Å². The monoisotopic (exact) mass is 380 g/mol. The lowest BCUT2D eigenvalue weighted by Crippen LogP contribution is -2.43. The number of nitrogens with one attached hydrogen (secondary N) is 2. The molecule has 8 nitrogen and oxygen atoms in total. The molecule has 0 aromatic carbocycles. The molecule has 0 radical (unpaired) electrons. The van der Waals surface area contributed by atoms with Crippen molar-refractivity contribution in [3.05, 3.63) is 18.5 Å². The highest BCUT2D eigenvalue weighted by atomic mass is 16.6. The van der Waals surface area contributed by atoms with Crippen molar-refractivity contribution in [3.8, 4) is 0 Å². The summed E-state index contributed by atoms with van der Waals surface area (Å²) in [4.78, 5) is 18.3. The number of ether oxygens (including phenoxy) is 1. The van der Waals surface area contributed by atoms with Crippen LogP contribution in [-0.4, -0.2) is 65.1 Å². The number of carbonyl (C=O) groups excluding carboxylic acids is 1. The first-order valence-corrected chi connectivity index (χ1v) is 9.64. The van der Waals surface area contributed by atoms with Crippen molar-refractivity contribution in [2.75, 3.05) is 26.7 Å². The fourth-order valence-electron chi connectivity index (χ4n) is 2.44. The summed E-state index contributed by atoms with van der Waals surface area (Å²) in [6.45, 7) is 12.7. The van der Waals surface area contributed by atoms with Crippen LogP contribution in [0.25, 0.3) is 0 Å². The van der Waals surface area contributed by atoms with Crippen LogP contribution in [0.15, 0.2) is 23.5 Å². The number of rotatable bonds is 9. The van der Waals surface area contributed by atoms with Gasteiger partial charge in [-0.05, 0) is 53.5 Å². The number of guanidine groups is 1. The summed E-state index contributed by atoms with van der Waals surface area (Å²) in [5.41, 5.74) is -0.482. The molecule has 0 aliphatic heterocycles. The summed E-state index contributed by atoms with van der Waals surface area (Å²) in [5.74, 6) is 0.767. The topological polar surface area (TPSA) is 83.8 Å². The summed E-state index contributed by atoms with van der Waals surface area (Å²) in [6, 6.07) is 2.02. The van der Waals surface area contributed by atoms with Crippen LogP contribution in [0.5, 0.6) is 0 Å². The van der Waals surface area contributed by atoms with E-state index in [1.54, 1.807) is 18.1 Å². The largest absolute Gasteiger partial charge is 0.444 e. The Morgan fingerprint density at radius 1 is 1.26 bits per heavy atom. The van der Waals surface area contributed by atoms with E-state index < -0.39 is 5.60 Å². The molecule has 0 fully saturated rings. The highest BCUT2D eigenvalue weighted by molar-refractivity contribution is 5.79. The van der Waals surface area contributed by atoms with Gasteiger partial charge >= 0.3 is 6.09 Å². The van der Waals surface area contributed by atoms with Gasteiger partial charge < -0.3 is 20.3 Å². The van der Waals surface area contributed by atoms with E-state index in [1.807, 2.05) is 51.6 Å². The predicted octanol–water partition coefficient (Wildman–Crippen LogP) is 2.47. The quantitative estimate of drug-likeness (QED) is 0.391. The highest BCUT2D eigenvalue weighted by Gasteiger charge is 2.23. The third kappa shape index (κ3) is 9.86. The molecule has 27 heavy (non-hydrogen) atoms. The Morgan fingerprint density at radius 3 is 2.44 bits per heavy atom. The minimum Gasteiger partial charge on any atom is -0.444 e. The van der Waals surface area contributed by atoms with Gasteiger partial charge in [-0.25, -0.2) is 4.79 Å². The first kappa shape index (κ1) is 22.8. The van der Waals surface area contributed by atoms with Crippen LogP contribution >= 0.6 is 0 Å². The number of carbonyl (C=O) groups is 1. The second-order valence-electron chi connectivity index (χ2n) is 7.67. The molecular weight excluding hydrogens is 344 g/mol. The van der Waals surface area contributed by atoms with Gasteiger partial charge in [0, 0.05) is 51.7 Å². The molecule has 1 aromatic rings. The molecule has 0 bridgehead atoms. The third-order valence-electron chi connectivity index (χ3n) is 3.76. The van der Waals surface area contributed by atoms with Gasteiger partial charge in [0.2, 0.25) is 0 Å². The summed E-state index contributed by atoms with van der Waals surface area (Å²) < 4.78 is 7.39. The minimum absolute atomic E-state index is 0.0968. The first-order chi connectivity index (χ1) is 12.7. The van der Waals surface area contributed by atoms with E-state index >= 15 is 0 Å². The molecule has 0 spiro atoms. The van der Waals surface area contributed by atoms with Crippen molar-refractivity contribution in [1.29, 1.82) is 0 Å². The van der Waals surface area contributed by atoms with Crippen LogP contribution in [0, 0.1) is 0 Å². The predicted molar refractivity (Wildman–Crippen MR) is 109 cm³/mol. The molecular formula is C19H36N6O2. The summed E-state index contributed by atoms with van der Waals surface area (Å²) >= 11 is 0. The lowest BCUT2D eigenvalue weighted by molar-refractivity contribution is 0.0190. The maximum absolute atomic E-state index is 12.3. The number of aryl methyl sites for hydroxylation is 1. The molecule has 0 aliphatic rings. The SMILES string of the molecule is CN=C(NCCCN(C(=O)OC(C)(C)C)C(C)C)NCCCn1cccn1. The number of amides is 1. The number of hydrogen-bond donors (Lipinski definition) is 2. The fraction of sp³-hybridized carbons (Fsp3) is 0.737. The van der Waals surface area contributed by atoms with Gasteiger partial charge in [-0.15, -0.1) is 0 Å². The normalized spacial score (nSPS) is 12.2. The average Bonchev–Trinajstić information content (AvgIpc) is 3.07. The van der Waals surface area contributed by atoms with Crippen LogP contribution in [0.3, 0.4) is 0 Å². The maximum atomic E-state index is 12.3. The molecule has 0 atom stereocenters. The Bertz CT molecular complexity index is 563. The van der Waals surface area contributed by atoms with Gasteiger partial charge in [-0.3, -0.25) is 9.67 Å². The Morgan fingerprint density at radius 2 is 1.93 bits per heavy atom. The Kier molecular flexibility index (Phi) is 9.67. The molecule has 1 aromatic heterocycles. The molecule has 0 aliphatic carbocycles. The van der Waals surface area contributed by atoms with Gasteiger partial charge in [0.05, 0.1) is 0 Å². The van der Waals surface area contributed by atoms with Crippen molar-refractivity contribution in [2.45, 2.75) is 65.6 Å². The van der Waals surface area contributed by atoms with Crippen LogP contribution in [0.2, 0.25) is 0 Å². The van der Waals surface area contributed by atoms with Crippen LogP contribution < -0.4 is 10.6 Å². The zero-order valence-corrected chi connectivity index (χ0v) is 17.7. The fourth-order valence-corrected chi connectivity index (χ4v) is 2.44. The second kappa shape index (κ2) is 11.5. The van der Waals surface area contributed by atoms with Crippen LogP contribution in [-0.2, 0) is 11.3 Å². The van der Waals surface area contributed by atoms with Gasteiger partial charge in [-0.2, -0.15) is 5.10 Å². The van der Waals surface area contributed by atoms with Crippen molar-refractivity contribution in [1.82, 2.24) is 25.3 Å². The van der Waals surface area contributed by atoms with Gasteiger partial charge in [0.1, 0.15) is 5.60 Å². The van der Waals surface area contributed by atoms with E-state index in [9.17, 15) is 4.79 Å². The maximum Gasteiger partial charge on any atom is 0.410 e. The van der Waals surface area contributed by atoms with Crippen LogP contribution in [0.1, 0.15) is 47.5 Å². The molecule has 2 N–H and O–H groups in total. The zero-order chi connectivity index (χ0) is 20.3. The lowest BCUT2D eigenvalue weighted by atomic mass is 10.2.